The lowest BCUT2D eigenvalue weighted by atomic mass is 10.1. The molecule has 2 aromatic carbocycles. The molecule has 178 valence electrons. The van der Waals surface area contributed by atoms with Crippen molar-refractivity contribution >= 4 is 27.3 Å². The van der Waals surface area contributed by atoms with Crippen LogP contribution < -0.4 is 9.86 Å². The first kappa shape index (κ1) is 22.8. The predicted molar refractivity (Wildman–Crippen MR) is 131 cm³/mol. The van der Waals surface area contributed by atoms with Gasteiger partial charge in [-0.1, -0.05) is 30.3 Å². The number of fused-ring (bicyclic) bond motifs is 2. The topological polar surface area (TPSA) is 98.0 Å². The van der Waals surface area contributed by atoms with E-state index in [4.69, 9.17) is 4.74 Å². The lowest BCUT2D eigenvalue weighted by molar-refractivity contribution is 0.0467. The van der Waals surface area contributed by atoms with Crippen molar-refractivity contribution in [1.82, 2.24) is 9.38 Å². The van der Waals surface area contributed by atoms with Gasteiger partial charge in [-0.3, -0.25) is 13.5 Å². The average Bonchev–Trinajstić information content (AvgIpc) is 3.19. The van der Waals surface area contributed by atoms with E-state index in [1.807, 2.05) is 19.1 Å². The van der Waals surface area contributed by atoms with Gasteiger partial charge in [-0.2, -0.15) is 0 Å². The molecule has 1 aliphatic heterocycles. The molecule has 4 aromatic rings. The van der Waals surface area contributed by atoms with Crippen molar-refractivity contribution < 1.29 is 17.9 Å². The van der Waals surface area contributed by atoms with Crippen LogP contribution in [-0.2, 0) is 27.8 Å². The number of benzene rings is 2. The number of carbonyl (C=O) groups excluding carboxylic acids is 1. The van der Waals surface area contributed by atoms with Gasteiger partial charge in [-0.25, -0.2) is 18.2 Å². The molecule has 0 bridgehead atoms. The molecular weight excluding hydrogens is 466 g/mol. The third-order valence-corrected chi connectivity index (χ3v) is 7.98. The molecule has 35 heavy (non-hydrogen) atoms. The van der Waals surface area contributed by atoms with Gasteiger partial charge in [0, 0.05) is 17.8 Å². The number of hydrogen-bond donors (Lipinski definition) is 0. The molecule has 0 N–H and O–H groups in total. The zero-order chi connectivity index (χ0) is 24.7. The van der Waals surface area contributed by atoms with E-state index in [0.717, 1.165) is 11.3 Å². The van der Waals surface area contributed by atoms with E-state index in [-0.39, 0.29) is 28.7 Å². The van der Waals surface area contributed by atoms with Crippen LogP contribution in [0.15, 0.2) is 82.5 Å². The number of para-hydroxylation sites is 1. The molecule has 2 aromatic heterocycles. The molecule has 0 fully saturated rings. The highest BCUT2D eigenvalue weighted by atomic mass is 32.2. The van der Waals surface area contributed by atoms with E-state index in [1.165, 1.54) is 39.0 Å². The molecule has 0 aliphatic carbocycles. The standard InChI is InChI=1S/C26H23N3O5S/c1-17-7-5-12-24-27-21(15-25(30)28(17)24)16-34-26(31)20-9-6-10-22(14-20)35(32,33)29-18(2)13-19-8-3-4-11-23(19)29/h3-12,14-15,18H,13,16H2,1-2H3. The molecule has 8 nitrogen and oxygen atoms in total. The highest BCUT2D eigenvalue weighted by Crippen LogP contribution is 2.36. The molecule has 0 saturated carbocycles. The summed E-state index contributed by atoms with van der Waals surface area (Å²) in [7, 11) is -3.89. The van der Waals surface area contributed by atoms with Gasteiger partial charge >= 0.3 is 5.97 Å². The summed E-state index contributed by atoms with van der Waals surface area (Å²) in [6, 6.07) is 19.6. The lowest BCUT2D eigenvalue weighted by Crippen LogP contribution is -2.35. The Balaban J connectivity index is 1.38. The minimum absolute atomic E-state index is 0.00746. The quantitative estimate of drug-likeness (QED) is 0.398. The van der Waals surface area contributed by atoms with E-state index in [9.17, 15) is 18.0 Å². The maximum absolute atomic E-state index is 13.5. The molecule has 5 rings (SSSR count). The molecule has 0 radical (unpaired) electrons. The number of rotatable bonds is 5. The number of aryl methyl sites for hydroxylation is 1. The Hall–Kier alpha value is -3.98. The first-order valence-electron chi connectivity index (χ1n) is 11.1. The highest BCUT2D eigenvalue weighted by molar-refractivity contribution is 7.92. The molecular formula is C26H23N3O5S. The number of hydrogen-bond acceptors (Lipinski definition) is 6. The number of sulfonamides is 1. The summed E-state index contributed by atoms with van der Waals surface area (Å²) < 4.78 is 35.2. The summed E-state index contributed by atoms with van der Waals surface area (Å²) in [5.41, 5.74) is 2.95. The summed E-state index contributed by atoms with van der Waals surface area (Å²) in [5.74, 6) is -0.705. The Morgan fingerprint density at radius 3 is 2.66 bits per heavy atom. The average molecular weight is 490 g/mol. The van der Waals surface area contributed by atoms with Gasteiger partial charge in [0.05, 0.1) is 21.8 Å². The van der Waals surface area contributed by atoms with Gasteiger partial charge in [-0.05, 0) is 62.2 Å². The Labute approximate surface area is 202 Å². The van der Waals surface area contributed by atoms with Gasteiger partial charge in [0.15, 0.2) is 0 Å². The second-order valence-electron chi connectivity index (χ2n) is 8.53. The summed E-state index contributed by atoms with van der Waals surface area (Å²) in [5, 5.41) is 0. The maximum Gasteiger partial charge on any atom is 0.338 e. The third-order valence-electron chi connectivity index (χ3n) is 6.06. The Morgan fingerprint density at radius 1 is 1.06 bits per heavy atom. The molecule has 9 heteroatoms. The number of esters is 1. The van der Waals surface area contributed by atoms with Gasteiger partial charge in [0.25, 0.3) is 15.6 Å². The summed E-state index contributed by atoms with van der Waals surface area (Å²) in [6.45, 7) is 3.45. The van der Waals surface area contributed by atoms with Crippen LogP contribution in [0.5, 0.6) is 0 Å². The fourth-order valence-electron chi connectivity index (χ4n) is 4.46. The van der Waals surface area contributed by atoms with E-state index in [0.29, 0.717) is 23.4 Å². The van der Waals surface area contributed by atoms with E-state index >= 15 is 0 Å². The van der Waals surface area contributed by atoms with Crippen LogP contribution in [0.25, 0.3) is 5.65 Å². The molecule has 0 spiro atoms. The fraction of sp³-hybridized carbons (Fsp3) is 0.192. The molecule has 1 aliphatic rings. The summed E-state index contributed by atoms with van der Waals surface area (Å²) in [4.78, 5) is 29.6. The number of anilines is 1. The van der Waals surface area contributed by atoms with Crippen molar-refractivity contribution in [3.8, 4) is 0 Å². The number of pyridine rings is 1. The van der Waals surface area contributed by atoms with Crippen molar-refractivity contribution in [3.63, 3.8) is 0 Å². The first-order chi connectivity index (χ1) is 16.8. The number of ether oxygens (including phenoxy) is 1. The second-order valence-corrected chi connectivity index (χ2v) is 10.3. The Bertz CT molecular complexity index is 1630. The summed E-state index contributed by atoms with van der Waals surface area (Å²) >= 11 is 0. The van der Waals surface area contributed by atoms with Crippen LogP contribution in [0.1, 0.15) is 34.2 Å². The number of carbonyl (C=O) groups is 1. The molecule has 0 saturated heterocycles. The van der Waals surface area contributed by atoms with E-state index in [1.54, 1.807) is 37.3 Å². The van der Waals surface area contributed by atoms with Crippen molar-refractivity contribution in [1.29, 1.82) is 0 Å². The van der Waals surface area contributed by atoms with Crippen molar-refractivity contribution in [2.45, 2.75) is 37.8 Å². The number of nitrogens with zero attached hydrogens (tertiary/aromatic N) is 3. The van der Waals surface area contributed by atoms with Crippen LogP contribution in [0.3, 0.4) is 0 Å². The predicted octanol–water partition coefficient (Wildman–Crippen LogP) is 3.50. The van der Waals surface area contributed by atoms with Crippen LogP contribution >= 0.6 is 0 Å². The van der Waals surface area contributed by atoms with E-state index < -0.39 is 16.0 Å². The smallest absolute Gasteiger partial charge is 0.338 e. The van der Waals surface area contributed by atoms with Crippen molar-refractivity contribution in [3.05, 3.63) is 106 Å². The third kappa shape index (κ3) is 4.08. The first-order valence-corrected chi connectivity index (χ1v) is 12.6. The largest absolute Gasteiger partial charge is 0.456 e. The van der Waals surface area contributed by atoms with E-state index in [2.05, 4.69) is 4.98 Å². The minimum Gasteiger partial charge on any atom is -0.456 e. The molecule has 1 atom stereocenters. The van der Waals surface area contributed by atoms with Crippen LogP contribution in [0, 0.1) is 6.92 Å². The van der Waals surface area contributed by atoms with Crippen LogP contribution in [0.4, 0.5) is 5.69 Å². The zero-order valence-corrected chi connectivity index (χ0v) is 20.0. The normalized spacial score (nSPS) is 15.3. The van der Waals surface area contributed by atoms with Crippen molar-refractivity contribution in [2.75, 3.05) is 4.31 Å². The van der Waals surface area contributed by atoms with Gasteiger partial charge < -0.3 is 4.74 Å². The maximum atomic E-state index is 13.5. The van der Waals surface area contributed by atoms with Crippen LogP contribution in [-0.4, -0.2) is 29.8 Å². The van der Waals surface area contributed by atoms with Crippen LogP contribution in [0.2, 0.25) is 0 Å². The second kappa shape index (κ2) is 8.66. The summed E-state index contributed by atoms with van der Waals surface area (Å²) in [6.07, 6.45) is 0.620. The molecule has 3 heterocycles. The zero-order valence-electron chi connectivity index (χ0n) is 19.2. The molecule has 1 unspecified atom stereocenters. The minimum atomic E-state index is -3.89. The van der Waals surface area contributed by atoms with Gasteiger partial charge in [0.2, 0.25) is 0 Å². The van der Waals surface area contributed by atoms with Gasteiger partial charge in [0.1, 0.15) is 12.3 Å². The lowest BCUT2D eigenvalue weighted by Gasteiger charge is -2.24. The molecule has 0 amide bonds. The SMILES string of the molecule is Cc1cccc2nc(COC(=O)c3cccc(S(=O)(=O)N4c5ccccc5CC4C)c3)cc(=O)n12. The Kier molecular flexibility index (Phi) is 5.64. The monoisotopic (exact) mass is 489 g/mol. The van der Waals surface area contributed by atoms with Crippen molar-refractivity contribution in [2.24, 2.45) is 0 Å². The Morgan fingerprint density at radius 2 is 1.83 bits per heavy atom. The van der Waals surface area contributed by atoms with Gasteiger partial charge in [-0.15, -0.1) is 0 Å². The number of aromatic nitrogens is 2. The fourth-order valence-corrected chi connectivity index (χ4v) is 6.20. The highest BCUT2D eigenvalue weighted by Gasteiger charge is 2.36.